The van der Waals surface area contributed by atoms with Crippen molar-refractivity contribution in [1.82, 2.24) is 19.6 Å². The SMILES string of the molecule is CC(C)Oc1cc(-n2nc(C(C)(C)C)oc2=O)c(Cl)cc1Cl.CC(C)Oc1cc(-n2nc(C(C)(C)C)oc2=O)c(Cl)cc1Cl. The summed E-state index contributed by atoms with van der Waals surface area (Å²) in [5.74, 6) is 0.311. The lowest BCUT2D eigenvalue weighted by Crippen LogP contribution is -2.15. The molecule has 0 saturated heterocycles. The lowest BCUT2D eigenvalue weighted by Gasteiger charge is -2.14. The van der Waals surface area contributed by atoms with Crippen molar-refractivity contribution in [2.24, 2.45) is 0 Å². The van der Waals surface area contributed by atoms with Gasteiger partial charge in [-0.1, -0.05) is 87.9 Å². The number of nitrogens with zero attached hydrogens (tertiary/aromatic N) is 4. The first-order valence-electron chi connectivity index (χ1n) is 13.7. The van der Waals surface area contributed by atoms with E-state index in [1.807, 2.05) is 69.2 Å². The maximum Gasteiger partial charge on any atom is 0.442 e. The standard InChI is InChI=1S/2C15H18Cl2N2O3/c2*1-8(2)21-12-7-11(9(16)6-10(12)17)19-14(20)22-13(18-19)15(3,4)5/h2*6-8H,1-5H3. The van der Waals surface area contributed by atoms with Gasteiger partial charge in [0, 0.05) is 23.0 Å². The number of ether oxygens (including phenoxy) is 2. The Labute approximate surface area is 275 Å². The van der Waals surface area contributed by atoms with Crippen LogP contribution in [-0.2, 0) is 10.8 Å². The van der Waals surface area contributed by atoms with Crippen molar-refractivity contribution in [3.05, 3.63) is 77.2 Å². The molecule has 0 aliphatic rings. The Morgan fingerprint density at radius 1 is 0.614 bits per heavy atom. The van der Waals surface area contributed by atoms with Gasteiger partial charge in [-0.25, -0.2) is 9.59 Å². The van der Waals surface area contributed by atoms with Crippen LogP contribution in [0.25, 0.3) is 11.4 Å². The van der Waals surface area contributed by atoms with Gasteiger partial charge in [-0.05, 0) is 39.8 Å². The van der Waals surface area contributed by atoms with E-state index in [0.717, 1.165) is 9.36 Å². The Hall–Kier alpha value is -2.92. The van der Waals surface area contributed by atoms with Crippen LogP contribution in [-0.4, -0.2) is 31.8 Å². The van der Waals surface area contributed by atoms with Crippen LogP contribution in [0.1, 0.15) is 81.0 Å². The lowest BCUT2D eigenvalue weighted by atomic mass is 9.97. The Morgan fingerprint density at radius 3 is 1.18 bits per heavy atom. The van der Waals surface area contributed by atoms with E-state index in [0.29, 0.717) is 44.7 Å². The van der Waals surface area contributed by atoms with Crippen LogP contribution >= 0.6 is 46.4 Å². The fourth-order valence-corrected chi connectivity index (χ4v) is 4.53. The van der Waals surface area contributed by atoms with E-state index in [2.05, 4.69) is 10.2 Å². The molecule has 14 heteroatoms. The minimum atomic E-state index is -0.607. The molecular weight excluding hydrogens is 654 g/mol. The fraction of sp³-hybridized carbons (Fsp3) is 0.467. The number of rotatable bonds is 6. The molecule has 0 N–H and O–H groups in total. The van der Waals surface area contributed by atoms with E-state index >= 15 is 0 Å². The van der Waals surface area contributed by atoms with Crippen molar-refractivity contribution < 1.29 is 18.3 Å². The molecule has 10 nitrogen and oxygen atoms in total. The van der Waals surface area contributed by atoms with Gasteiger partial charge in [0.1, 0.15) is 11.5 Å². The fourth-order valence-electron chi connectivity index (χ4n) is 3.52. The maximum absolute atomic E-state index is 12.1. The van der Waals surface area contributed by atoms with E-state index in [4.69, 9.17) is 64.7 Å². The Bertz CT molecular complexity index is 1610. The molecule has 0 atom stereocenters. The molecule has 240 valence electrons. The number of aromatic nitrogens is 4. The number of hydrogen-bond acceptors (Lipinski definition) is 8. The van der Waals surface area contributed by atoms with Crippen molar-refractivity contribution in [2.75, 3.05) is 0 Å². The molecule has 0 spiro atoms. The minimum Gasteiger partial charge on any atom is -0.489 e. The van der Waals surface area contributed by atoms with Gasteiger partial charge in [-0.3, -0.25) is 0 Å². The van der Waals surface area contributed by atoms with E-state index in [1.165, 1.54) is 12.1 Å². The smallest absolute Gasteiger partial charge is 0.442 e. The summed E-state index contributed by atoms with van der Waals surface area (Å²) in [6.45, 7) is 18.9. The summed E-state index contributed by atoms with van der Waals surface area (Å²) in [4.78, 5) is 24.1. The Morgan fingerprint density at radius 2 is 0.932 bits per heavy atom. The molecule has 0 aliphatic carbocycles. The van der Waals surface area contributed by atoms with Gasteiger partial charge in [0.2, 0.25) is 11.8 Å². The first kappa shape index (κ1) is 35.6. The minimum absolute atomic E-state index is 0.0642. The summed E-state index contributed by atoms with van der Waals surface area (Å²) in [6, 6.07) is 6.21. The number of halogens is 4. The van der Waals surface area contributed by atoms with Crippen LogP contribution in [0.3, 0.4) is 0 Å². The largest absolute Gasteiger partial charge is 0.489 e. The zero-order chi connectivity index (χ0) is 33.3. The highest BCUT2D eigenvalue weighted by Gasteiger charge is 2.25. The third-order valence-electron chi connectivity index (χ3n) is 5.56. The average Bonchev–Trinajstić information content (AvgIpc) is 3.45. The molecule has 0 fully saturated rings. The average molecular weight is 690 g/mol. The van der Waals surface area contributed by atoms with Gasteiger partial charge in [-0.15, -0.1) is 10.2 Å². The Kier molecular flexibility index (Phi) is 11.0. The highest BCUT2D eigenvalue weighted by atomic mass is 35.5. The number of hydrogen-bond donors (Lipinski definition) is 0. The third kappa shape index (κ3) is 8.62. The van der Waals surface area contributed by atoms with Crippen molar-refractivity contribution >= 4 is 46.4 Å². The first-order valence-corrected chi connectivity index (χ1v) is 15.2. The van der Waals surface area contributed by atoms with Crippen LogP contribution in [0.2, 0.25) is 20.1 Å². The summed E-state index contributed by atoms with van der Waals surface area (Å²) < 4.78 is 23.9. The highest BCUT2D eigenvalue weighted by molar-refractivity contribution is 6.37. The molecule has 4 rings (SSSR count). The Balaban J connectivity index is 0.000000240. The second kappa shape index (κ2) is 13.6. The lowest BCUT2D eigenvalue weighted by molar-refractivity contribution is 0.242. The summed E-state index contributed by atoms with van der Waals surface area (Å²) in [5.41, 5.74) is -0.0434. The zero-order valence-electron chi connectivity index (χ0n) is 26.2. The van der Waals surface area contributed by atoms with Crippen molar-refractivity contribution in [2.45, 2.75) is 92.3 Å². The van der Waals surface area contributed by atoms with E-state index in [9.17, 15) is 9.59 Å². The molecule has 44 heavy (non-hydrogen) atoms. The van der Waals surface area contributed by atoms with Crippen LogP contribution in [0.4, 0.5) is 0 Å². The van der Waals surface area contributed by atoms with E-state index < -0.39 is 11.5 Å². The van der Waals surface area contributed by atoms with Gasteiger partial charge >= 0.3 is 11.5 Å². The molecule has 0 saturated carbocycles. The molecule has 4 aromatic rings. The molecule has 0 aliphatic heterocycles. The summed E-state index contributed by atoms with van der Waals surface area (Å²) in [6.07, 6.45) is -0.128. The van der Waals surface area contributed by atoms with Gasteiger partial charge < -0.3 is 18.3 Å². The molecule has 2 heterocycles. The zero-order valence-corrected chi connectivity index (χ0v) is 29.2. The van der Waals surface area contributed by atoms with Crippen molar-refractivity contribution in [1.29, 1.82) is 0 Å². The maximum atomic E-state index is 12.1. The summed E-state index contributed by atoms with van der Waals surface area (Å²) in [7, 11) is 0. The second-order valence-electron chi connectivity index (χ2n) is 12.5. The summed E-state index contributed by atoms with van der Waals surface area (Å²) >= 11 is 24.6. The molecule has 0 radical (unpaired) electrons. The predicted octanol–water partition coefficient (Wildman–Crippen LogP) is 8.43. The molecule has 2 aromatic heterocycles. The predicted molar refractivity (Wildman–Crippen MR) is 173 cm³/mol. The normalized spacial score (nSPS) is 12.0. The van der Waals surface area contributed by atoms with Crippen LogP contribution in [0.15, 0.2) is 42.7 Å². The highest BCUT2D eigenvalue weighted by Crippen LogP contribution is 2.35. The van der Waals surface area contributed by atoms with Gasteiger partial charge in [-0.2, -0.15) is 9.36 Å². The third-order valence-corrected chi connectivity index (χ3v) is 6.76. The number of benzene rings is 2. The molecule has 2 aromatic carbocycles. The van der Waals surface area contributed by atoms with Crippen LogP contribution in [0.5, 0.6) is 11.5 Å². The molecule has 0 bridgehead atoms. The quantitative estimate of drug-likeness (QED) is 0.198. The second-order valence-corrected chi connectivity index (χ2v) is 14.1. The van der Waals surface area contributed by atoms with Crippen molar-refractivity contribution in [3.63, 3.8) is 0 Å². The first-order chi connectivity index (χ1) is 20.2. The molecule has 0 unspecified atom stereocenters. The van der Waals surface area contributed by atoms with Crippen LogP contribution < -0.4 is 21.0 Å². The van der Waals surface area contributed by atoms with E-state index in [1.54, 1.807) is 12.1 Å². The van der Waals surface area contributed by atoms with Gasteiger partial charge in [0.25, 0.3) is 0 Å². The van der Waals surface area contributed by atoms with E-state index in [-0.39, 0.29) is 33.1 Å². The van der Waals surface area contributed by atoms with Crippen LogP contribution in [0, 0.1) is 0 Å². The summed E-state index contributed by atoms with van der Waals surface area (Å²) in [5, 5.41) is 9.75. The van der Waals surface area contributed by atoms with Gasteiger partial charge in [0.15, 0.2) is 0 Å². The van der Waals surface area contributed by atoms with Gasteiger partial charge in [0.05, 0.1) is 43.7 Å². The monoisotopic (exact) mass is 688 g/mol. The molecule has 0 amide bonds. The van der Waals surface area contributed by atoms with Crippen molar-refractivity contribution in [3.8, 4) is 22.9 Å². The molecular formula is C30H36Cl4N4O6. The topological polar surface area (TPSA) is 115 Å².